The molecular formula is C20H34BrNO3. The van der Waals surface area contributed by atoms with E-state index in [1.54, 1.807) is 0 Å². The van der Waals surface area contributed by atoms with Crippen LogP contribution >= 0.6 is 15.9 Å². The van der Waals surface area contributed by atoms with Gasteiger partial charge in [0.1, 0.15) is 6.29 Å². The van der Waals surface area contributed by atoms with Gasteiger partial charge >= 0.3 is 5.97 Å². The number of benzene rings is 1. The zero-order chi connectivity index (χ0) is 19.7. The van der Waals surface area contributed by atoms with Crippen LogP contribution < -0.4 is 5.73 Å². The highest BCUT2D eigenvalue weighted by atomic mass is 79.9. The van der Waals surface area contributed by atoms with Crippen molar-refractivity contribution in [1.82, 2.24) is 0 Å². The number of unbranched alkanes of at least 4 members (excludes halogenated alkanes) is 1. The number of hydrogen-bond acceptors (Lipinski definition) is 4. The average molecular weight is 416 g/mol. The molecule has 2 atom stereocenters. The molecule has 4 nitrogen and oxygen atoms in total. The van der Waals surface area contributed by atoms with E-state index in [9.17, 15) is 9.59 Å². The molecule has 0 saturated carbocycles. The minimum absolute atomic E-state index is 0.0368. The molecule has 2 unspecified atom stereocenters. The van der Waals surface area contributed by atoms with E-state index in [4.69, 9.17) is 10.5 Å². The number of nitrogens with two attached hydrogens (primary N) is 1. The van der Waals surface area contributed by atoms with Gasteiger partial charge in [-0.05, 0) is 30.5 Å². The van der Waals surface area contributed by atoms with Crippen LogP contribution in [-0.4, -0.2) is 19.4 Å². The third kappa shape index (κ3) is 12.8. The van der Waals surface area contributed by atoms with Gasteiger partial charge in [0, 0.05) is 4.47 Å². The van der Waals surface area contributed by atoms with Gasteiger partial charge in [0.25, 0.3) is 0 Å². The second-order valence-corrected chi connectivity index (χ2v) is 6.28. The second-order valence-electron chi connectivity index (χ2n) is 5.36. The van der Waals surface area contributed by atoms with Crippen molar-refractivity contribution < 1.29 is 14.3 Å². The Morgan fingerprint density at radius 1 is 1.16 bits per heavy atom. The molecular weight excluding hydrogens is 382 g/mol. The molecule has 0 fully saturated rings. The fourth-order valence-corrected chi connectivity index (χ4v) is 2.37. The summed E-state index contributed by atoms with van der Waals surface area (Å²) in [6.45, 7) is 8.24. The number of carbonyl (C=O) groups excluding carboxylic acids is 2. The van der Waals surface area contributed by atoms with Crippen LogP contribution in [0, 0.1) is 5.92 Å². The van der Waals surface area contributed by atoms with Crippen molar-refractivity contribution in [2.45, 2.75) is 65.8 Å². The molecule has 1 rings (SSSR count). The Hall–Kier alpha value is -1.20. The lowest BCUT2D eigenvalue weighted by atomic mass is 9.97. The smallest absolute Gasteiger partial charge is 0.308 e. The highest BCUT2D eigenvalue weighted by Crippen LogP contribution is 2.16. The standard InChI is InChI=1S/C10H20O2.C8H8BrNO.C2H6/c1-4-6-8-9(7-5-2)10(11)12-3;9-7-3-1-6(2-4-7)8(10)5-11;1-2/h9H,4-8H2,1-3H3;1-5,8H,10H2;1-2H3. The molecule has 0 radical (unpaired) electrons. The Kier molecular flexibility index (Phi) is 18.3. The third-order valence-corrected chi connectivity index (χ3v) is 4.01. The van der Waals surface area contributed by atoms with Gasteiger partial charge in [-0.15, -0.1) is 0 Å². The quantitative estimate of drug-likeness (QED) is 0.453. The van der Waals surface area contributed by atoms with Gasteiger partial charge < -0.3 is 15.3 Å². The summed E-state index contributed by atoms with van der Waals surface area (Å²) >= 11 is 3.29. The number of rotatable bonds is 8. The Balaban J connectivity index is 0. The van der Waals surface area contributed by atoms with E-state index in [2.05, 4.69) is 29.8 Å². The zero-order valence-electron chi connectivity index (χ0n) is 16.3. The molecule has 1 aromatic rings. The van der Waals surface area contributed by atoms with Gasteiger partial charge in [0.15, 0.2) is 0 Å². The molecule has 144 valence electrons. The predicted octanol–water partition coefficient (Wildman–Crippen LogP) is 5.44. The lowest BCUT2D eigenvalue weighted by molar-refractivity contribution is -0.146. The van der Waals surface area contributed by atoms with Crippen LogP contribution in [0.5, 0.6) is 0 Å². The molecule has 0 amide bonds. The largest absolute Gasteiger partial charge is 0.469 e. The molecule has 0 aliphatic carbocycles. The highest BCUT2D eigenvalue weighted by molar-refractivity contribution is 9.10. The Labute approximate surface area is 161 Å². The lowest BCUT2D eigenvalue weighted by Crippen LogP contribution is -2.15. The van der Waals surface area contributed by atoms with Crippen molar-refractivity contribution in [1.29, 1.82) is 0 Å². The van der Waals surface area contributed by atoms with Crippen LogP contribution in [0.2, 0.25) is 0 Å². The summed E-state index contributed by atoms with van der Waals surface area (Å²) in [5, 5.41) is 0. The summed E-state index contributed by atoms with van der Waals surface area (Å²) < 4.78 is 5.71. The summed E-state index contributed by atoms with van der Waals surface area (Å²) in [7, 11) is 1.47. The van der Waals surface area contributed by atoms with E-state index in [1.807, 2.05) is 38.1 Å². The minimum atomic E-state index is -0.497. The Bertz CT molecular complexity index is 449. The van der Waals surface area contributed by atoms with Crippen LogP contribution in [0.1, 0.15) is 71.4 Å². The molecule has 25 heavy (non-hydrogen) atoms. The summed E-state index contributed by atoms with van der Waals surface area (Å²) in [5.41, 5.74) is 6.30. The Morgan fingerprint density at radius 2 is 1.72 bits per heavy atom. The van der Waals surface area contributed by atoms with Crippen molar-refractivity contribution in [3.05, 3.63) is 34.3 Å². The van der Waals surface area contributed by atoms with E-state index in [1.165, 1.54) is 7.11 Å². The molecule has 0 aromatic heterocycles. The number of aldehydes is 1. The van der Waals surface area contributed by atoms with Gasteiger partial charge in [-0.3, -0.25) is 4.79 Å². The first-order valence-electron chi connectivity index (χ1n) is 9.04. The summed E-state index contributed by atoms with van der Waals surface area (Å²) in [6, 6.07) is 6.87. The van der Waals surface area contributed by atoms with Crippen LogP contribution in [0.25, 0.3) is 0 Å². The van der Waals surface area contributed by atoms with Crippen molar-refractivity contribution in [2.24, 2.45) is 11.7 Å². The maximum atomic E-state index is 11.2. The third-order valence-electron chi connectivity index (χ3n) is 3.48. The maximum Gasteiger partial charge on any atom is 0.308 e. The van der Waals surface area contributed by atoms with E-state index in [0.717, 1.165) is 48.4 Å². The number of methoxy groups -OCH3 is 1. The van der Waals surface area contributed by atoms with Crippen LogP contribution in [0.4, 0.5) is 0 Å². The van der Waals surface area contributed by atoms with Gasteiger partial charge in [-0.25, -0.2) is 0 Å². The van der Waals surface area contributed by atoms with E-state index in [-0.39, 0.29) is 11.9 Å². The highest BCUT2D eigenvalue weighted by Gasteiger charge is 2.16. The van der Waals surface area contributed by atoms with Crippen molar-refractivity contribution in [3.8, 4) is 0 Å². The number of esters is 1. The molecule has 0 spiro atoms. The molecule has 0 aliphatic heterocycles. The minimum Gasteiger partial charge on any atom is -0.469 e. The van der Waals surface area contributed by atoms with E-state index >= 15 is 0 Å². The SMILES string of the molecule is CC.CCCCC(CCC)C(=O)OC.NC(C=O)c1ccc(Br)cc1. The maximum absolute atomic E-state index is 11.2. The fraction of sp³-hybridized carbons (Fsp3) is 0.600. The first-order valence-corrected chi connectivity index (χ1v) is 9.83. The molecule has 0 bridgehead atoms. The summed E-state index contributed by atoms with van der Waals surface area (Å²) in [5.74, 6) is 0.102. The average Bonchev–Trinajstić information content (AvgIpc) is 2.66. The number of ether oxygens (including phenoxy) is 1. The monoisotopic (exact) mass is 415 g/mol. The van der Waals surface area contributed by atoms with E-state index < -0.39 is 6.04 Å². The molecule has 5 heteroatoms. The van der Waals surface area contributed by atoms with Crippen LogP contribution in [-0.2, 0) is 14.3 Å². The summed E-state index contributed by atoms with van der Waals surface area (Å²) in [6.07, 6.45) is 6.01. The Morgan fingerprint density at radius 3 is 2.12 bits per heavy atom. The van der Waals surface area contributed by atoms with Gasteiger partial charge in [0.2, 0.25) is 0 Å². The number of hydrogen-bond donors (Lipinski definition) is 1. The first-order chi connectivity index (χ1) is 12.0. The first kappa shape index (κ1) is 26.0. The summed E-state index contributed by atoms with van der Waals surface area (Å²) in [4.78, 5) is 21.4. The molecule has 0 heterocycles. The van der Waals surface area contributed by atoms with Gasteiger partial charge in [0.05, 0.1) is 19.1 Å². The molecule has 0 aliphatic rings. The second kappa shape index (κ2) is 17.6. The van der Waals surface area contributed by atoms with Crippen LogP contribution in [0.3, 0.4) is 0 Å². The number of carbonyl (C=O) groups is 2. The zero-order valence-corrected chi connectivity index (χ0v) is 17.8. The van der Waals surface area contributed by atoms with Gasteiger partial charge in [-0.2, -0.15) is 0 Å². The fourth-order valence-electron chi connectivity index (χ4n) is 2.11. The lowest BCUT2D eigenvalue weighted by Gasteiger charge is -2.12. The molecule has 0 saturated heterocycles. The topological polar surface area (TPSA) is 69.4 Å². The van der Waals surface area contributed by atoms with Crippen molar-refractivity contribution in [2.75, 3.05) is 7.11 Å². The molecule has 1 aromatic carbocycles. The van der Waals surface area contributed by atoms with E-state index in [0.29, 0.717) is 0 Å². The normalized spacial score (nSPS) is 11.8. The van der Waals surface area contributed by atoms with Crippen molar-refractivity contribution in [3.63, 3.8) is 0 Å². The van der Waals surface area contributed by atoms with Gasteiger partial charge in [-0.1, -0.05) is 75.0 Å². The molecule has 2 N–H and O–H groups in total. The van der Waals surface area contributed by atoms with Crippen molar-refractivity contribution >= 4 is 28.2 Å². The number of halogens is 1. The predicted molar refractivity (Wildman–Crippen MR) is 108 cm³/mol. The van der Waals surface area contributed by atoms with Crippen LogP contribution in [0.15, 0.2) is 28.7 Å².